The predicted octanol–water partition coefficient (Wildman–Crippen LogP) is 0.866. The maximum Gasteiger partial charge on any atom is 0.0309 e. The maximum absolute atomic E-state index is 6.26. The summed E-state index contributed by atoms with van der Waals surface area (Å²) in [6, 6.07) is 0.593. The number of nitrogens with two attached hydrogens (primary N) is 1. The van der Waals surface area contributed by atoms with Gasteiger partial charge in [0.25, 0.3) is 0 Å². The van der Waals surface area contributed by atoms with Crippen LogP contribution in [-0.2, 0) is 0 Å². The highest BCUT2D eigenvalue weighted by molar-refractivity contribution is 5.04. The van der Waals surface area contributed by atoms with Crippen LogP contribution in [-0.4, -0.2) is 18.1 Å². The Balaban J connectivity index is 1.99. The summed E-state index contributed by atoms with van der Waals surface area (Å²) in [5.74, 6) is 0.804. The van der Waals surface area contributed by atoms with Gasteiger partial charge in [0.2, 0.25) is 0 Å². The lowest BCUT2D eigenvalue weighted by Gasteiger charge is -2.31. The third-order valence-corrected chi connectivity index (χ3v) is 3.27. The zero-order chi connectivity index (χ0) is 7.90. The molecule has 2 nitrogen and oxygen atoms in total. The highest BCUT2D eigenvalue weighted by Crippen LogP contribution is 2.41. The van der Waals surface area contributed by atoms with Gasteiger partial charge in [0, 0.05) is 11.6 Å². The van der Waals surface area contributed by atoms with E-state index in [1.165, 1.54) is 32.2 Å². The molecule has 11 heavy (non-hydrogen) atoms. The van der Waals surface area contributed by atoms with E-state index in [4.69, 9.17) is 5.73 Å². The van der Waals surface area contributed by atoms with Gasteiger partial charge in [-0.2, -0.15) is 0 Å². The van der Waals surface area contributed by atoms with Gasteiger partial charge >= 0.3 is 0 Å². The standard InChI is InChI=1S/C9H18N2/c1-9(10,7-4-5-7)8-3-2-6-11-8/h7-8,11H,2-6,10H2,1H3/t8-,9?/m0/s1. The van der Waals surface area contributed by atoms with Crippen molar-refractivity contribution in [3.63, 3.8) is 0 Å². The van der Waals surface area contributed by atoms with E-state index in [9.17, 15) is 0 Å². The highest BCUT2D eigenvalue weighted by atomic mass is 15.0. The molecule has 1 unspecified atom stereocenters. The van der Waals surface area contributed by atoms with Crippen LogP contribution < -0.4 is 11.1 Å². The third kappa shape index (κ3) is 1.30. The molecule has 3 N–H and O–H groups in total. The van der Waals surface area contributed by atoms with Gasteiger partial charge in [-0.15, -0.1) is 0 Å². The second-order valence-electron chi connectivity index (χ2n) is 4.29. The molecular formula is C9H18N2. The smallest absolute Gasteiger partial charge is 0.0309 e. The van der Waals surface area contributed by atoms with E-state index in [1.807, 2.05) is 0 Å². The molecule has 0 bridgehead atoms. The van der Waals surface area contributed by atoms with E-state index < -0.39 is 0 Å². The first-order valence-corrected chi connectivity index (χ1v) is 4.73. The Morgan fingerprint density at radius 2 is 2.09 bits per heavy atom. The normalized spacial score (nSPS) is 37.1. The topological polar surface area (TPSA) is 38.0 Å². The number of rotatable bonds is 2. The van der Waals surface area contributed by atoms with Crippen molar-refractivity contribution < 1.29 is 0 Å². The zero-order valence-corrected chi connectivity index (χ0v) is 7.27. The van der Waals surface area contributed by atoms with Crippen LogP contribution in [0.4, 0.5) is 0 Å². The predicted molar refractivity (Wildman–Crippen MR) is 46.3 cm³/mol. The van der Waals surface area contributed by atoms with Crippen molar-refractivity contribution in [1.82, 2.24) is 5.32 Å². The Morgan fingerprint density at radius 3 is 2.55 bits per heavy atom. The van der Waals surface area contributed by atoms with E-state index in [-0.39, 0.29) is 5.54 Å². The Bertz CT molecular complexity index is 144. The minimum atomic E-state index is 0.0799. The molecule has 0 amide bonds. The molecule has 64 valence electrons. The van der Waals surface area contributed by atoms with Crippen molar-refractivity contribution in [2.24, 2.45) is 11.7 Å². The van der Waals surface area contributed by atoms with Gasteiger partial charge < -0.3 is 11.1 Å². The van der Waals surface area contributed by atoms with Crippen molar-refractivity contribution in [2.75, 3.05) is 6.54 Å². The summed E-state index contributed by atoms with van der Waals surface area (Å²) in [7, 11) is 0. The van der Waals surface area contributed by atoms with Crippen molar-refractivity contribution >= 4 is 0 Å². The average Bonchev–Trinajstić information content (AvgIpc) is 2.66. The molecule has 0 aromatic carbocycles. The fourth-order valence-electron chi connectivity index (χ4n) is 2.21. The largest absolute Gasteiger partial charge is 0.324 e. The first-order valence-electron chi connectivity index (χ1n) is 4.73. The molecular weight excluding hydrogens is 136 g/mol. The number of hydrogen-bond acceptors (Lipinski definition) is 2. The molecule has 2 fully saturated rings. The fourth-order valence-corrected chi connectivity index (χ4v) is 2.21. The lowest BCUT2D eigenvalue weighted by Crippen LogP contribution is -2.54. The van der Waals surface area contributed by atoms with Gasteiger partial charge in [0.05, 0.1) is 0 Å². The minimum Gasteiger partial charge on any atom is -0.324 e. The van der Waals surface area contributed by atoms with Gasteiger partial charge in [0.15, 0.2) is 0 Å². The molecule has 2 heteroatoms. The van der Waals surface area contributed by atoms with Crippen LogP contribution in [0.5, 0.6) is 0 Å². The monoisotopic (exact) mass is 154 g/mol. The van der Waals surface area contributed by atoms with Crippen LogP contribution in [0, 0.1) is 5.92 Å². The summed E-state index contributed by atoms with van der Waals surface area (Å²) >= 11 is 0. The molecule has 0 radical (unpaired) electrons. The van der Waals surface area contributed by atoms with Gasteiger partial charge in [-0.25, -0.2) is 0 Å². The van der Waals surface area contributed by atoms with Crippen molar-refractivity contribution in [3.05, 3.63) is 0 Å². The SMILES string of the molecule is CC(N)(C1CC1)[C@@H]1CCCN1. The maximum atomic E-state index is 6.26. The summed E-state index contributed by atoms with van der Waals surface area (Å²) in [6.45, 7) is 3.39. The molecule has 1 saturated carbocycles. The van der Waals surface area contributed by atoms with Gasteiger partial charge in [-0.1, -0.05) is 0 Å². The molecule has 1 heterocycles. The van der Waals surface area contributed by atoms with Crippen LogP contribution in [0.1, 0.15) is 32.6 Å². The summed E-state index contributed by atoms with van der Waals surface area (Å²) < 4.78 is 0. The lowest BCUT2D eigenvalue weighted by atomic mass is 9.87. The van der Waals surface area contributed by atoms with Crippen LogP contribution in [0.3, 0.4) is 0 Å². The Morgan fingerprint density at radius 1 is 1.36 bits per heavy atom. The molecule has 2 rings (SSSR count). The van der Waals surface area contributed by atoms with Gasteiger partial charge in [-0.3, -0.25) is 0 Å². The van der Waals surface area contributed by atoms with Crippen LogP contribution in [0.25, 0.3) is 0 Å². The second-order valence-corrected chi connectivity index (χ2v) is 4.29. The molecule has 1 aliphatic carbocycles. The lowest BCUT2D eigenvalue weighted by molar-refractivity contribution is 0.307. The van der Waals surface area contributed by atoms with Crippen molar-refractivity contribution in [2.45, 2.75) is 44.2 Å². The first-order chi connectivity index (χ1) is 5.21. The second kappa shape index (κ2) is 2.46. The van der Waals surface area contributed by atoms with Gasteiger partial charge in [-0.05, 0) is 45.1 Å². The zero-order valence-electron chi connectivity index (χ0n) is 7.27. The Kier molecular flexibility index (Phi) is 1.69. The molecule has 2 atom stereocenters. The molecule has 0 spiro atoms. The molecule has 0 aromatic rings. The summed E-state index contributed by atoms with van der Waals surface area (Å²) in [4.78, 5) is 0. The number of hydrogen-bond donors (Lipinski definition) is 2. The van der Waals surface area contributed by atoms with Crippen LogP contribution in [0.2, 0.25) is 0 Å². The minimum absolute atomic E-state index is 0.0799. The molecule has 0 aromatic heterocycles. The van der Waals surface area contributed by atoms with Crippen molar-refractivity contribution in [1.29, 1.82) is 0 Å². The van der Waals surface area contributed by atoms with E-state index in [1.54, 1.807) is 0 Å². The van der Waals surface area contributed by atoms with E-state index in [0.717, 1.165) is 5.92 Å². The Labute approximate surface area is 68.5 Å². The van der Waals surface area contributed by atoms with E-state index >= 15 is 0 Å². The fraction of sp³-hybridized carbons (Fsp3) is 1.00. The third-order valence-electron chi connectivity index (χ3n) is 3.27. The van der Waals surface area contributed by atoms with E-state index in [0.29, 0.717) is 6.04 Å². The molecule has 1 saturated heterocycles. The van der Waals surface area contributed by atoms with Gasteiger partial charge in [0.1, 0.15) is 0 Å². The van der Waals surface area contributed by atoms with Crippen LogP contribution in [0.15, 0.2) is 0 Å². The van der Waals surface area contributed by atoms with Crippen LogP contribution >= 0.6 is 0 Å². The quantitative estimate of drug-likeness (QED) is 0.619. The average molecular weight is 154 g/mol. The molecule has 1 aliphatic heterocycles. The van der Waals surface area contributed by atoms with Crippen molar-refractivity contribution in [3.8, 4) is 0 Å². The summed E-state index contributed by atoms with van der Waals surface area (Å²) in [5, 5.41) is 3.49. The highest BCUT2D eigenvalue weighted by Gasteiger charge is 2.44. The first kappa shape index (κ1) is 7.56. The Hall–Kier alpha value is -0.0800. The number of nitrogens with one attached hydrogen (secondary N) is 1. The van der Waals surface area contributed by atoms with E-state index in [2.05, 4.69) is 12.2 Å². The molecule has 2 aliphatic rings. The summed E-state index contributed by atoms with van der Waals surface area (Å²) in [6.07, 6.45) is 5.30. The summed E-state index contributed by atoms with van der Waals surface area (Å²) in [5.41, 5.74) is 6.34.